The number of nitrogens with one attached hydrogen (secondary N) is 1. The third-order valence-electron chi connectivity index (χ3n) is 7.24. The Balaban J connectivity index is 1.22. The van der Waals surface area contributed by atoms with E-state index in [0.717, 1.165) is 29.9 Å². The molecule has 0 aromatic heterocycles. The number of Topliss-reactive ketones (excluding diaryl/α,β-unsaturated/α-hetero) is 1. The number of hydrogen-bond acceptors (Lipinski definition) is 5. The van der Waals surface area contributed by atoms with Crippen molar-refractivity contribution in [3.05, 3.63) is 59.7 Å². The summed E-state index contributed by atoms with van der Waals surface area (Å²) >= 11 is 0. The minimum atomic E-state index is -0.449. The molecule has 0 saturated carbocycles. The van der Waals surface area contributed by atoms with Crippen molar-refractivity contribution < 1.29 is 23.9 Å². The molecule has 0 spiro atoms. The van der Waals surface area contributed by atoms with Crippen molar-refractivity contribution in [2.75, 3.05) is 19.9 Å². The summed E-state index contributed by atoms with van der Waals surface area (Å²) in [7, 11) is 0. The van der Waals surface area contributed by atoms with Gasteiger partial charge in [0.05, 0.1) is 0 Å². The second kappa shape index (κ2) is 9.49. The maximum Gasteiger partial charge on any atom is 0.231 e. The van der Waals surface area contributed by atoms with Crippen molar-refractivity contribution in [1.29, 1.82) is 0 Å². The second-order valence-corrected chi connectivity index (χ2v) is 9.60. The van der Waals surface area contributed by atoms with Crippen molar-refractivity contribution >= 4 is 17.6 Å². The number of rotatable bonds is 7. The highest BCUT2D eigenvalue weighted by molar-refractivity contribution is 5.98. The number of carbonyl (C=O) groups excluding carboxylic acids is 3. The number of hydrogen-bond donors (Lipinski definition) is 1. The summed E-state index contributed by atoms with van der Waals surface area (Å²) < 4.78 is 10.9. The first kappa shape index (κ1) is 22.4. The molecule has 2 aromatic rings. The van der Waals surface area contributed by atoms with Gasteiger partial charge >= 0.3 is 0 Å². The molecular weight excluding hydrogens is 432 g/mol. The van der Waals surface area contributed by atoms with Crippen LogP contribution >= 0.6 is 0 Å². The van der Waals surface area contributed by atoms with Gasteiger partial charge in [0, 0.05) is 43.0 Å². The number of fused-ring (bicyclic) bond motifs is 1. The number of likely N-dealkylation sites (tertiary alicyclic amines) is 1. The van der Waals surface area contributed by atoms with Gasteiger partial charge in [-0.05, 0) is 49.8 Å². The van der Waals surface area contributed by atoms with Crippen molar-refractivity contribution in [3.8, 4) is 11.5 Å². The van der Waals surface area contributed by atoms with Crippen LogP contribution in [-0.4, -0.2) is 47.9 Å². The molecule has 0 bridgehead atoms. The van der Waals surface area contributed by atoms with Gasteiger partial charge in [0.25, 0.3) is 0 Å². The van der Waals surface area contributed by atoms with E-state index in [1.165, 1.54) is 0 Å². The maximum atomic E-state index is 13.2. The predicted octanol–water partition coefficient (Wildman–Crippen LogP) is 3.51. The van der Waals surface area contributed by atoms with Gasteiger partial charge in [0.1, 0.15) is 0 Å². The first-order valence-electron chi connectivity index (χ1n) is 12.1. The average molecular weight is 463 g/mol. The van der Waals surface area contributed by atoms with Gasteiger partial charge in [0.2, 0.25) is 18.6 Å². The standard InChI is InChI=1S/C27H30N2O5/c30-24-10-12-27(28-24,16-19-8-9-22-23(15-19)34-18-33-22)13-11-25(31)29-14-4-7-21(17-29)26(32)20-5-2-1-3-6-20/h1-3,5-6,8-9,15,21H,4,7,10-14,16-18H2,(H,28,30). The molecule has 34 heavy (non-hydrogen) atoms. The fourth-order valence-electron chi connectivity index (χ4n) is 5.38. The van der Waals surface area contributed by atoms with Crippen molar-refractivity contribution in [1.82, 2.24) is 10.2 Å². The van der Waals surface area contributed by atoms with Crippen LogP contribution in [0.1, 0.15) is 54.4 Å². The van der Waals surface area contributed by atoms with E-state index < -0.39 is 5.54 Å². The summed E-state index contributed by atoms with van der Waals surface area (Å²) in [6.07, 6.45) is 4.35. The number of benzene rings is 2. The van der Waals surface area contributed by atoms with Crippen LogP contribution in [0.3, 0.4) is 0 Å². The molecule has 5 rings (SSSR count). The monoisotopic (exact) mass is 462 g/mol. The summed E-state index contributed by atoms with van der Waals surface area (Å²) in [6, 6.07) is 15.2. The number of nitrogens with zero attached hydrogens (tertiary/aromatic N) is 1. The quantitative estimate of drug-likeness (QED) is 0.637. The van der Waals surface area contributed by atoms with Gasteiger partial charge in [-0.25, -0.2) is 0 Å². The highest BCUT2D eigenvalue weighted by Crippen LogP contribution is 2.36. The van der Waals surface area contributed by atoms with Crippen LogP contribution in [0.25, 0.3) is 0 Å². The Morgan fingerprint density at radius 3 is 2.71 bits per heavy atom. The van der Waals surface area contributed by atoms with E-state index >= 15 is 0 Å². The van der Waals surface area contributed by atoms with Gasteiger partial charge in [0.15, 0.2) is 17.3 Å². The highest BCUT2D eigenvalue weighted by Gasteiger charge is 2.39. The third kappa shape index (κ3) is 4.79. The van der Waals surface area contributed by atoms with Crippen LogP contribution in [0.2, 0.25) is 0 Å². The molecule has 2 saturated heterocycles. The Morgan fingerprint density at radius 2 is 1.91 bits per heavy atom. The van der Waals surface area contributed by atoms with E-state index in [9.17, 15) is 14.4 Å². The van der Waals surface area contributed by atoms with E-state index in [-0.39, 0.29) is 30.3 Å². The topological polar surface area (TPSA) is 84.9 Å². The molecule has 2 unspecified atom stereocenters. The molecule has 1 N–H and O–H groups in total. The Hall–Kier alpha value is -3.35. The fourth-order valence-corrected chi connectivity index (χ4v) is 5.38. The van der Waals surface area contributed by atoms with E-state index in [0.29, 0.717) is 50.8 Å². The molecule has 2 fully saturated rings. The fraction of sp³-hybridized carbons (Fsp3) is 0.444. The highest BCUT2D eigenvalue weighted by atomic mass is 16.7. The molecular formula is C27H30N2O5. The largest absolute Gasteiger partial charge is 0.454 e. The first-order valence-corrected chi connectivity index (χ1v) is 12.1. The van der Waals surface area contributed by atoms with Crippen LogP contribution in [0.15, 0.2) is 48.5 Å². The summed E-state index contributed by atoms with van der Waals surface area (Å²) in [4.78, 5) is 40.0. The molecule has 2 atom stereocenters. The molecule has 3 aliphatic rings. The molecule has 3 heterocycles. The zero-order chi connectivity index (χ0) is 23.5. The van der Waals surface area contributed by atoms with E-state index in [2.05, 4.69) is 5.32 Å². The number of ketones is 1. The summed E-state index contributed by atoms with van der Waals surface area (Å²) in [5.41, 5.74) is 1.30. The molecule has 0 aliphatic carbocycles. The smallest absolute Gasteiger partial charge is 0.231 e. The summed E-state index contributed by atoms with van der Waals surface area (Å²) in [5, 5.41) is 3.15. The Bertz CT molecular complexity index is 1090. The summed E-state index contributed by atoms with van der Waals surface area (Å²) in [6.45, 7) is 1.37. The van der Waals surface area contributed by atoms with Gasteiger partial charge in [-0.3, -0.25) is 14.4 Å². The number of piperidine rings is 1. The van der Waals surface area contributed by atoms with Crippen molar-refractivity contribution in [2.24, 2.45) is 5.92 Å². The SMILES string of the molecule is O=C1CCC(CCC(=O)N2CCCC(C(=O)c3ccccc3)C2)(Cc2ccc3c(c2)OCO3)N1. The number of carbonyl (C=O) groups is 3. The third-order valence-corrected chi connectivity index (χ3v) is 7.24. The lowest BCUT2D eigenvalue weighted by Gasteiger charge is -2.34. The molecule has 2 aromatic carbocycles. The minimum absolute atomic E-state index is 0.0275. The lowest BCUT2D eigenvalue weighted by molar-refractivity contribution is -0.133. The van der Waals surface area contributed by atoms with Gasteiger partial charge < -0.3 is 19.7 Å². The van der Waals surface area contributed by atoms with E-state index in [4.69, 9.17) is 9.47 Å². The Labute approximate surface area is 199 Å². The van der Waals surface area contributed by atoms with Crippen molar-refractivity contribution in [3.63, 3.8) is 0 Å². The lowest BCUT2D eigenvalue weighted by Crippen LogP contribution is -2.46. The van der Waals surface area contributed by atoms with E-state index in [1.54, 1.807) is 0 Å². The molecule has 3 aliphatic heterocycles. The lowest BCUT2D eigenvalue weighted by atomic mass is 9.84. The Kier molecular flexibility index (Phi) is 6.26. The molecule has 7 heteroatoms. The van der Waals surface area contributed by atoms with Gasteiger partial charge in [-0.15, -0.1) is 0 Å². The first-order chi connectivity index (χ1) is 16.5. The molecule has 178 valence electrons. The van der Waals surface area contributed by atoms with Gasteiger partial charge in [-0.2, -0.15) is 0 Å². The van der Waals surface area contributed by atoms with Crippen LogP contribution in [-0.2, 0) is 16.0 Å². The average Bonchev–Trinajstić information content (AvgIpc) is 3.49. The molecule has 2 amide bonds. The maximum absolute atomic E-state index is 13.2. The predicted molar refractivity (Wildman–Crippen MR) is 126 cm³/mol. The zero-order valence-corrected chi connectivity index (χ0v) is 19.3. The normalized spacial score (nSPS) is 23.6. The second-order valence-electron chi connectivity index (χ2n) is 9.60. The Morgan fingerprint density at radius 1 is 1.09 bits per heavy atom. The van der Waals surface area contributed by atoms with Crippen molar-refractivity contribution in [2.45, 2.75) is 50.5 Å². The van der Waals surface area contributed by atoms with Crippen LogP contribution in [0.5, 0.6) is 11.5 Å². The number of ether oxygens (including phenoxy) is 2. The van der Waals surface area contributed by atoms with Crippen LogP contribution in [0.4, 0.5) is 0 Å². The van der Waals surface area contributed by atoms with Crippen LogP contribution < -0.4 is 14.8 Å². The van der Waals surface area contributed by atoms with E-state index in [1.807, 2.05) is 53.4 Å². The zero-order valence-electron chi connectivity index (χ0n) is 19.3. The summed E-state index contributed by atoms with van der Waals surface area (Å²) in [5.74, 6) is 1.48. The molecule has 0 radical (unpaired) electrons. The number of amides is 2. The molecule has 7 nitrogen and oxygen atoms in total. The van der Waals surface area contributed by atoms with Crippen LogP contribution in [0, 0.1) is 5.92 Å². The van der Waals surface area contributed by atoms with Gasteiger partial charge in [-0.1, -0.05) is 36.4 Å². The minimum Gasteiger partial charge on any atom is -0.454 e.